The second-order valence-corrected chi connectivity index (χ2v) is 6.53. The molecule has 1 amide bonds. The number of para-hydroxylation sites is 1. The Bertz CT molecular complexity index is 962. The molecule has 3 aromatic carbocycles. The van der Waals surface area contributed by atoms with Crippen molar-refractivity contribution in [2.45, 2.75) is 13.0 Å². The fourth-order valence-electron chi connectivity index (χ4n) is 2.78. The Morgan fingerprint density at radius 1 is 0.900 bits per heavy atom. The van der Waals surface area contributed by atoms with Gasteiger partial charge in [0.05, 0.1) is 13.7 Å². The fourth-order valence-corrected chi connectivity index (χ4v) is 2.78. The van der Waals surface area contributed by atoms with E-state index in [0.29, 0.717) is 43.2 Å². The van der Waals surface area contributed by atoms with Gasteiger partial charge in [0.15, 0.2) is 23.1 Å². The van der Waals surface area contributed by atoms with Gasteiger partial charge in [-0.25, -0.2) is 4.39 Å². The summed E-state index contributed by atoms with van der Waals surface area (Å²) in [5.41, 5.74) is 1.51. The minimum atomic E-state index is -0.400. The van der Waals surface area contributed by atoms with Gasteiger partial charge >= 0.3 is 0 Å². The molecule has 0 aliphatic heterocycles. The standard InChI is InChI=1S/C24H24FNO4/c1-28-23-16-19(12-13-22(23)30-17-18-8-3-2-4-9-18)24(27)26-14-7-15-29-21-11-6-5-10-20(21)25/h2-6,8-13,16H,7,14-15,17H2,1H3,(H,26,27). The van der Waals surface area contributed by atoms with Gasteiger partial charge in [-0.05, 0) is 42.3 Å². The van der Waals surface area contributed by atoms with Crippen molar-refractivity contribution in [3.63, 3.8) is 0 Å². The van der Waals surface area contributed by atoms with Crippen LogP contribution in [-0.4, -0.2) is 26.2 Å². The molecule has 5 nitrogen and oxygen atoms in total. The summed E-state index contributed by atoms with van der Waals surface area (Å²) in [6.45, 7) is 1.11. The molecule has 3 rings (SSSR count). The van der Waals surface area contributed by atoms with Gasteiger partial charge in [-0.15, -0.1) is 0 Å². The van der Waals surface area contributed by atoms with E-state index in [1.54, 1.807) is 36.4 Å². The van der Waals surface area contributed by atoms with Crippen molar-refractivity contribution in [1.82, 2.24) is 5.32 Å². The van der Waals surface area contributed by atoms with E-state index in [4.69, 9.17) is 14.2 Å². The quantitative estimate of drug-likeness (QED) is 0.497. The van der Waals surface area contributed by atoms with Crippen molar-refractivity contribution in [3.05, 3.63) is 89.7 Å². The number of ether oxygens (including phenoxy) is 3. The van der Waals surface area contributed by atoms with Crippen LogP contribution in [0.3, 0.4) is 0 Å². The molecule has 0 bridgehead atoms. The maximum atomic E-state index is 13.5. The second kappa shape index (κ2) is 10.9. The third-order valence-electron chi connectivity index (χ3n) is 4.36. The van der Waals surface area contributed by atoms with Crippen LogP contribution in [0.2, 0.25) is 0 Å². The number of halogens is 1. The van der Waals surface area contributed by atoms with Crippen LogP contribution in [0.15, 0.2) is 72.8 Å². The van der Waals surface area contributed by atoms with Crippen LogP contribution in [0, 0.1) is 5.82 Å². The number of hydrogen-bond donors (Lipinski definition) is 1. The van der Waals surface area contributed by atoms with E-state index in [1.807, 2.05) is 30.3 Å². The maximum absolute atomic E-state index is 13.5. The van der Waals surface area contributed by atoms with Gasteiger partial charge < -0.3 is 19.5 Å². The summed E-state index contributed by atoms with van der Waals surface area (Å²) in [5, 5.41) is 2.82. The number of hydrogen-bond acceptors (Lipinski definition) is 4. The molecule has 0 atom stereocenters. The van der Waals surface area contributed by atoms with Gasteiger partial charge in [0.2, 0.25) is 0 Å². The number of rotatable bonds is 10. The van der Waals surface area contributed by atoms with Crippen LogP contribution in [0.25, 0.3) is 0 Å². The van der Waals surface area contributed by atoms with Crippen molar-refractivity contribution in [1.29, 1.82) is 0 Å². The Hall–Kier alpha value is -3.54. The van der Waals surface area contributed by atoms with E-state index in [-0.39, 0.29) is 11.7 Å². The van der Waals surface area contributed by atoms with Crippen LogP contribution < -0.4 is 19.5 Å². The highest BCUT2D eigenvalue weighted by Gasteiger charge is 2.11. The molecular formula is C24H24FNO4. The van der Waals surface area contributed by atoms with Crippen LogP contribution in [-0.2, 0) is 6.61 Å². The molecule has 6 heteroatoms. The zero-order chi connectivity index (χ0) is 21.2. The molecule has 0 saturated carbocycles. The molecule has 0 spiro atoms. The van der Waals surface area contributed by atoms with Crippen LogP contribution >= 0.6 is 0 Å². The molecule has 1 N–H and O–H groups in total. The predicted octanol–water partition coefficient (Wildman–Crippen LogP) is 4.61. The van der Waals surface area contributed by atoms with Crippen molar-refractivity contribution in [2.24, 2.45) is 0 Å². The molecule has 0 saturated heterocycles. The van der Waals surface area contributed by atoms with E-state index in [2.05, 4.69) is 5.32 Å². The molecule has 0 aliphatic carbocycles. The van der Waals surface area contributed by atoms with Crippen molar-refractivity contribution in [3.8, 4) is 17.2 Å². The molecule has 3 aromatic rings. The SMILES string of the molecule is COc1cc(C(=O)NCCCOc2ccccc2F)ccc1OCc1ccccc1. The zero-order valence-electron chi connectivity index (χ0n) is 16.8. The van der Waals surface area contributed by atoms with Crippen LogP contribution in [0.5, 0.6) is 17.2 Å². The Morgan fingerprint density at radius 3 is 2.43 bits per heavy atom. The first-order valence-electron chi connectivity index (χ1n) is 9.67. The average molecular weight is 409 g/mol. The first-order chi connectivity index (χ1) is 14.7. The molecule has 0 fully saturated rings. The van der Waals surface area contributed by atoms with Crippen molar-refractivity contribution >= 4 is 5.91 Å². The highest BCUT2D eigenvalue weighted by Crippen LogP contribution is 2.28. The minimum Gasteiger partial charge on any atom is -0.493 e. The Kier molecular flexibility index (Phi) is 7.66. The number of carbonyl (C=O) groups excluding carboxylic acids is 1. The van der Waals surface area contributed by atoms with Crippen molar-refractivity contribution in [2.75, 3.05) is 20.3 Å². The summed E-state index contributed by atoms with van der Waals surface area (Å²) < 4.78 is 30.0. The minimum absolute atomic E-state index is 0.208. The molecule has 0 heterocycles. The average Bonchev–Trinajstić information content (AvgIpc) is 2.79. The molecule has 0 unspecified atom stereocenters. The third-order valence-corrected chi connectivity index (χ3v) is 4.36. The summed E-state index contributed by atoms with van der Waals surface area (Å²) in [4.78, 5) is 12.4. The third kappa shape index (κ3) is 5.98. The largest absolute Gasteiger partial charge is 0.493 e. The van der Waals surface area contributed by atoms with Crippen LogP contribution in [0.4, 0.5) is 4.39 Å². The molecular weight excluding hydrogens is 385 g/mol. The van der Waals surface area contributed by atoms with E-state index in [0.717, 1.165) is 5.56 Å². The first kappa shape index (κ1) is 21.2. The monoisotopic (exact) mass is 409 g/mol. The smallest absolute Gasteiger partial charge is 0.251 e. The maximum Gasteiger partial charge on any atom is 0.251 e. The van der Waals surface area contributed by atoms with E-state index in [9.17, 15) is 9.18 Å². The summed E-state index contributed by atoms with van der Waals surface area (Å²) >= 11 is 0. The lowest BCUT2D eigenvalue weighted by molar-refractivity contribution is 0.0951. The Balaban J connectivity index is 1.47. The van der Waals surface area contributed by atoms with E-state index in [1.165, 1.54) is 13.2 Å². The number of benzene rings is 3. The lowest BCUT2D eigenvalue weighted by Crippen LogP contribution is -2.25. The van der Waals surface area contributed by atoms with Gasteiger partial charge in [-0.1, -0.05) is 42.5 Å². The van der Waals surface area contributed by atoms with Gasteiger partial charge in [-0.3, -0.25) is 4.79 Å². The summed E-state index contributed by atoms with van der Waals surface area (Å²) in [5.74, 6) is 0.634. The normalized spacial score (nSPS) is 10.3. The second-order valence-electron chi connectivity index (χ2n) is 6.53. The number of methoxy groups -OCH3 is 1. The molecule has 0 radical (unpaired) electrons. The lowest BCUT2D eigenvalue weighted by Gasteiger charge is -2.12. The van der Waals surface area contributed by atoms with Crippen LogP contribution in [0.1, 0.15) is 22.3 Å². The molecule has 30 heavy (non-hydrogen) atoms. The van der Waals surface area contributed by atoms with Gasteiger partial charge in [-0.2, -0.15) is 0 Å². The molecule has 0 aliphatic rings. The summed E-state index contributed by atoms with van der Waals surface area (Å²) in [6.07, 6.45) is 0.551. The topological polar surface area (TPSA) is 56.8 Å². The number of amides is 1. The zero-order valence-corrected chi connectivity index (χ0v) is 16.8. The Labute approximate surface area is 175 Å². The lowest BCUT2D eigenvalue weighted by atomic mass is 10.2. The number of carbonyl (C=O) groups is 1. The summed E-state index contributed by atoms with van der Waals surface area (Å²) in [7, 11) is 1.53. The molecule has 156 valence electrons. The Morgan fingerprint density at radius 2 is 1.67 bits per heavy atom. The van der Waals surface area contributed by atoms with E-state index >= 15 is 0 Å². The highest BCUT2D eigenvalue weighted by molar-refractivity contribution is 5.94. The van der Waals surface area contributed by atoms with Crippen molar-refractivity contribution < 1.29 is 23.4 Å². The first-order valence-corrected chi connectivity index (χ1v) is 9.67. The highest BCUT2D eigenvalue weighted by atomic mass is 19.1. The van der Waals surface area contributed by atoms with Gasteiger partial charge in [0.1, 0.15) is 6.61 Å². The predicted molar refractivity (Wildman–Crippen MR) is 113 cm³/mol. The summed E-state index contributed by atoms with van der Waals surface area (Å²) in [6, 6.07) is 21.1. The molecule has 0 aromatic heterocycles. The van der Waals surface area contributed by atoms with Gasteiger partial charge in [0, 0.05) is 12.1 Å². The van der Waals surface area contributed by atoms with Gasteiger partial charge in [0.25, 0.3) is 5.91 Å². The van der Waals surface area contributed by atoms with E-state index < -0.39 is 5.82 Å². The number of nitrogens with one attached hydrogen (secondary N) is 1. The fraction of sp³-hybridized carbons (Fsp3) is 0.208.